The summed E-state index contributed by atoms with van der Waals surface area (Å²) in [5, 5.41) is 11.9. The number of nitrogens with zero attached hydrogens (tertiary/aromatic N) is 2. The molecule has 128 valence electrons. The van der Waals surface area contributed by atoms with Crippen molar-refractivity contribution >= 4 is 16.7 Å². The molecule has 1 N–H and O–H groups in total. The van der Waals surface area contributed by atoms with Gasteiger partial charge < -0.3 is 10.0 Å². The quantitative estimate of drug-likeness (QED) is 0.937. The minimum atomic E-state index is -0.328. The van der Waals surface area contributed by atoms with Crippen LogP contribution < -0.4 is 0 Å². The molecule has 1 aliphatic heterocycles. The minimum Gasteiger partial charge on any atom is -0.392 e. The van der Waals surface area contributed by atoms with Crippen LogP contribution in [0.25, 0.3) is 10.8 Å². The first-order valence-corrected chi connectivity index (χ1v) is 8.71. The number of β-amino-alcohol motifs (C(OH)–C–C–N with tert-alkyl or cyclic N) is 1. The molecule has 2 atom stereocenters. The number of aliphatic hydroxyl groups excluding tert-OH is 1. The molecule has 0 spiro atoms. The highest BCUT2D eigenvalue weighted by molar-refractivity contribution is 5.90. The largest absolute Gasteiger partial charge is 0.392 e. The van der Waals surface area contributed by atoms with Gasteiger partial charge in [0.25, 0.3) is 0 Å². The molecule has 4 nitrogen and oxygen atoms in total. The van der Waals surface area contributed by atoms with Crippen LogP contribution in [-0.2, 0) is 11.2 Å². The fourth-order valence-corrected chi connectivity index (χ4v) is 3.55. The van der Waals surface area contributed by atoms with E-state index in [9.17, 15) is 9.90 Å². The van der Waals surface area contributed by atoms with Gasteiger partial charge in [0, 0.05) is 32.2 Å². The van der Waals surface area contributed by atoms with Crippen molar-refractivity contribution < 1.29 is 9.90 Å². The first-order valence-electron chi connectivity index (χ1n) is 8.71. The number of hydrogen-bond acceptors (Lipinski definition) is 3. The molecule has 1 amide bonds. The highest BCUT2D eigenvalue weighted by atomic mass is 16.3. The fraction of sp³-hybridized carbons (Fsp3) is 0.450. The molecule has 0 aromatic heterocycles. The minimum absolute atomic E-state index is 0.190. The smallest absolute Gasteiger partial charge is 0.227 e. The van der Waals surface area contributed by atoms with E-state index in [1.807, 2.05) is 36.1 Å². The van der Waals surface area contributed by atoms with Crippen LogP contribution in [0.2, 0.25) is 0 Å². The van der Waals surface area contributed by atoms with Crippen molar-refractivity contribution in [3.8, 4) is 0 Å². The average molecular weight is 326 g/mol. The van der Waals surface area contributed by atoms with Gasteiger partial charge in [-0.05, 0) is 30.2 Å². The van der Waals surface area contributed by atoms with E-state index in [0.29, 0.717) is 13.0 Å². The maximum atomic E-state index is 12.7. The first-order chi connectivity index (χ1) is 11.5. The van der Waals surface area contributed by atoms with E-state index < -0.39 is 0 Å². The number of piperazine rings is 1. The lowest BCUT2D eigenvalue weighted by atomic mass is 10.0. The molecule has 0 saturated carbocycles. The van der Waals surface area contributed by atoms with E-state index in [1.54, 1.807) is 0 Å². The van der Waals surface area contributed by atoms with Crippen molar-refractivity contribution in [2.45, 2.75) is 32.4 Å². The van der Waals surface area contributed by atoms with Crippen LogP contribution in [0, 0.1) is 0 Å². The summed E-state index contributed by atoms with van der Waals surface area (Å²) in [6.07, 6.45) is 0.121. The lowest BCUT2D eigenvalue weighted by Gasteiger charge is -2.40. The Morgan fingerprint density at radius 3 is 2.71 bits per heavy atom. The third kappa shape index (κ3) is 3.77. The molecule has 4 heteroatoms. The summed E-state index contributed by atoms with van der Waals surface area (Å²) in [6, 6.07) is 14.7. The van der Waals surface area contributed by atoms with Crippen molar-refractivity contribution in [2.24, 2.45) is 0 Å². The molecule has 1 aliphatic rings. The number of aliphatic hydroxyl groups is 1. The Morgan fingerprint density at radius 2 is 1.96 bits per heavy atom. The van der Waals surface area contributed by atoms with Gasteiger partial charge in [0.1, 0.15) is 0 Å². The van der Waals surface area contributed by atoms with Crippen LogP contribution >= 0.6 is 0 Å². The number of rotatable bonds is 4. The number of carbonyl (C=O) groups is 1. The van der Waals surface area contributed by atoms with Crippen LogP contribution in [0.1, 0.15) is 19.4 Å². The van der Waals surface area contributed by atoms with Gasteiger partial charge in [-0.3, -0.25) is 9.69 Å². The number of amides is 1. The standard InChI is InChI=1S/C20H26N2O2/c1-15-13-22(11-10-21(15)14-16(2)23)20(24)12-18-8-5-7-17-6-3-4-9-19(17)18/h3-9,15-16,23H,10-14H2,1-2H3/t15-,16+/m0/s1. The highest BCUT2D eigenvalue weighted by Gasteiger charge is 2.27. The van der Waals surface area contributed by atoms with E-state index in [1.165, 1.54) is 5.39 Å². The molecule has 3 rings (SSSR count). The van der Waals surface area contributed by atoms with Crippen LogP contribution in [-0.4, -0.2) is 59.1 Å². The third-order valence-electron chi connectivity index (χ3n) is 4.84. The van der Waals surface area contributed by atoms with Gasteiger partial charge in [-0.15, -0.1) is 0 Å². The average Bonchev–Trinajstić information content (AvgIpc) is 2.56. The van der Waals surface area contributed by atoms with Crippen LogP contribution in [0.3, 0.4) is 0 Å². The second-order valence-corrected chi connectivity index (χ2v) is 6.85. The Bertz CT molecular complexity index is 708. The van der Waals surface area contributed by atoms with Gasteiger partial charge in [0.15, 0.2) is 0 Å². The summed E-state index contributed by atoms with van der Waals surface area (Å²) < 4.78 is 0. The topological polar surface area (TPSA) is 43.8 Å². The molecule has 2 aromatic rings. The van der Waals surface area contributed by atoms with E-state index >= 15 is 0 Å². The zero-order valence-corrected chi connectivity index (χ0v) is 14.5. The summed E-state index contributed by atoms with van der Waals surface area (Å²) in [5.74, 6) is 0.190. The molecule has 1 fully saturated rings. The van der Waals surface area contributed by atoms with Crippen molar-refractivity contribution in [1.82, 2.24) is 9.80 Å². The fourth-order valence-electron chi connectivity index (χ4n) is 3.55. The van der Waals surface area contributed by atoms with Crippen molar-refractivity contribution in [2.75, 3.05) is 26.2 Å². The molecule has 1 saturated heterocycles. The first kappa shape index (κ1) is 16.9. The van der Waals surface area contributed by atoms with Crippen molar-refractivity contribution in [3.05, 3.63) is 48.0 Å². The maximum Gasteiger partial charge on any atom is 0.227 e. The Morgan fingerprint density at radius 1 is 1.21 bits per heavy atom. The normalized spacial score (nSPS) is 20.3. The Hall–Kier alpha value is -1.91. The van der Waals surface area contributed by atoms with Crippen LogP contribution in [0.4, 0.5) is 0 Å². The molecular weight excluding hydrogens is 300 g/mol. The summed E-state index contributed by atoms with van der Waals surface area (Å²) in [4.78, 5) is 17.0. The van der Waals surface area contributed by atoms with Crippen LogP contribution in [0.15, 0.2) is 42.5 Å². The zero-order valence-electron chi connectivity index (χ0n) is 14.5. The second-order valence-electron chi connectivity index (χ2n) is 6.85. The van der Waals surface area contributed by atoms with Gasteiger partial charge in [0.05, 0.1) is 12.5 Å². The van der Waals surface area contributed by atoms with Gasteiger partial charge >= 0.3 is 0 Å². The Kier molecular flexibility index (Phi) is 5.17. The molecular formula is C20H26N2O2. The number of carbonyl (C=O) groups excluding carboxylic acids is 1. The summed E-state index contributed by atoms with van der Waals surface area (Å²) in [7, 11) is 0. The van der Waals surface area contributed by atoms with Gasteiger partial charge in [0.2, 0.25) is 5.91 Å². The Labute approximate surface area is 143 Å². The molecule has 0 bridgehead atoms. The molecule has 24 heavy (non-hydrogen) atoms. The number of fused-ring (bicyclic) bond motifs is 1. The number of benzene rings is 2. The third-order valence-corrected chi connectivity index (χ3v) is 4.84. The van der Waals surface area contributed by atoms with Gasteiger partial charge in [-0.1, -0.05) is 42.5 Å². The number of hydrogen-bond donors (Lipinski definition) is 1. The Balaban J connectivity index is 1.67. The van der Waals surface area contributed by atoms with E-state index in [2.05, 4.69) is 30.0 Å². The van der Waals surface area contributed by atoms with Crippen LogP contribution in [0.5, 0.6) is 0 Å². The van der Waals surface area contributed by atoms with E-state index in [-0.39, 0.29) is 18.1 Å². The SMILES string of the molecule is C[C@@H](O)CN1CCN(C(=O)Cc2cccc3ccccc23)C[C@@H]1C. The molecule has 0 unspecified atom stereocenters. The molecule has 1 heterocycles. The maximum absolute atomic E-state index is 12.7. The molecule has 0 radical (unpaired) electrons. The highest BCUT2D eigenvalue weighted by Crippen LogP contribution is 2.20. The molecule has 0 aliphatic carbocycles. The second kappa shape index (κ2) is 7.32. The lowest BCUT2D eigenvalue weighted by Crippen LogP contribution is -2.55. The van der Waals surface area contributed by atoms with Crippen molar-refractivity contribution in [3.63, 3.8) is 0 Å². The summed E-state index contributed by atoms with van der Waals surface area (Å²) in [6.45, 7) is 6.90. The van der Waals surface area contributed by atoms with Gasteiger partial charge in [-0.25, -0.2) is 0 Å². The monoisotopic (exact) mass is 326 g/mol. The summed E-state index contributed by atoms with van der Waals surface area (Å²) >= 11 is 0. The zero-order chi connectivity index (χ0) is 17.1. The van der Waals surface area contributed by atoms with E-state index in [4.69, 9.17) is 0 Å². The lowest BCUT2D eigenvalue weighted by molar-refractivity contribution is -0.133. The predicted molar refractivity (Wildman–Crippen MR) is 96.9 cm³/mol. The molecule has 2 aromatic carbocycles. The van der Waals surface area contributed by atoms with Gasteiger partial charge in [-0.2, -0.15) is 0 Å². The van der Waals surface area contributed by atoms with Crippen molar-refractivity contribution in [1.29, 1.82) is 0 Å². The predicted octanol–water partition coefficient (Wildman–Crippen LogP) is 2.30. The van der Waals surface area contributed by atoms with E-state index in [0.717, 1.165) is 30.6 Å². The summed E-state index contributed by atoms with van der Waals surface area (Å²) in [5.41, 5.74) is 1.09.